The SMILES string of the molecule is O=C(NO)C(Oc1cccc(Cl)c1)c1ccccc1. The zero-order valence-electron chi connectivity index (χ0n) is 9.92. The second-order valence-electron chi connectivity index (χ2n) is 3.84. The van der Waals surface area contributed by atoms with Crippen LogP contribution in [0.1, 0.15) is 11.7 Å². The summed E-state index contributed by atoms with van der Waals surface area (Å²) in [7, 11) is 0. The minimum absolute atomic E-state index is 0.449. The van der Waals surface area contributed by atoms with Gasteiger partial charge in [0.25, 0.3) is 5.91 Å². The summed E-state index contributed by atoms with van der Waals surface area (Å²) in [6.07, 6.45) is -0.940. The van der Waals surface area contributed by atoms with E-state index in [1.165, 1.54) is 0 Å². The smallest absolute Gasteiger partial charge is 0.289 e. The first-order chi connectivity index (χ1) is 9.20. The highest BCUT2D eigenvalue weighted by Crippen LogP contribution is 2.24. The van der Waals surface area contributed by atoms with Crippen molar-refractivity contribution < 1.29 is 14.7 Å². The van der Waals surface area contributed by atoms with E-state index in [1.807, 2.05) is 6.07 Å². The molecule has 1 unspecified atom stereocenters. The van der Waals surface area contributed by atoms with Crippen molar-refractivity contribution in [3.8, 4) is 5.75 Å². The average Bonchev–Trinajstić information content (AvgIpc) is 2.45. The molecule has 0 saturated carbocycles. The monoisotopic (exact) mass is 277 g/mol. The van der Waals surface area contributed by atoms with Crippen LogP contribution in [0.5, 0.6) is 5.75 Å². The van der Waals surface area contributed by atoms with E-state index in [2.05, 4.69) is 0 Å². The maximum absolute atomic E-state index is 11.7. The van der Waals surface area contributed by atoms with E-state index in [-0.39, 0.29) is 0 Å². The molecule has 0 aliphatic heterocycles. The molecule has 0 saturated heterocycles. The minimum Gasteiger partial charge on any atom is -0.476 e. The van der Waals surface area contributed by atoms with Crippen LogP contribution in [0.3, 0.4) is 0 Å². The van der Waals surface area contributed by atoms with Crippen molar-refractivity contribution in [3.05, 3.63) is 65.2 Å². The highest BCUT2D eigenvalue weighted by atomic mass is 35.5. The van der Waals surface area contributed by atoms with Gasteiger partial charge in [0, 0.05) is 10.6 Å². The molecule has 1 atom stereocenters. The summed E-state index contributed by atoms with van der Waals surface area (Å²) < 4.78 is 5.58. The van der Waals surface area contributed by atoms with Crippen molar-refractivity contribution in [3.63, 3.8) is 0 Å². The molecule has 2 aromatic rings. The zero-order valence-corrected chi connectivity index (χ0v) is 10.7. The molecular formula is C14H12ClNO3. The van der Waals surface area contributed by atoms with E-state index in [0.29, 0.717) is 16.3 Å². The third kappa shape index (κ3) is 3.47. The van der Waals surface area contributed by atoms with Crippen molar-refractivity contribution in [2.75, 3.05) is 0 Å². The van der Waals surface area contributed by atoms with Gasteiger partial charge in [-0.05, 0) is 18.2 Å². The lowest BCUT2D eigenvalue weighted by Gasteiger charge is -2.17. The molecule has 0 spiro atoms. The number of ether oxygens (including phenoxy) is 1. The Balaban J connectivity index is 2.27. The molecule has 0 radical (unpaired) electrons. The molecule has 0 aromatic heterocycles. The van der Waals surface area contributed by atoms with Gasteiger partial charge >= 0.3 is 0 Å². The van der Waals surface area contributed by atoms with Gasteiger partial charge in [-0.2, -0.15) is 0 Å². The second-order valence-corrected chi connectivity index (χ2v) is 4.28. The fourth-order valence-corrected chi connectivity index (χ4v) is 1.82. The number of carbonyl (C=O) groups excluding carboxylic acids is 1. The van der Waals surface area contributed by atoms with E-state index in [9.17, 15) is 4.79 Å². The summed E-state index contributed by atoms with van der Waals surface area (Å²) in [4.78, 5) is 11.7. The van der Waals surface area contributed by atoms with Crippen molar-refractivity contribution in [2.45, 2.75) is 6.10 Å². The number of hydroxylamine groups is 1. The topological polar surface area (TPSA) is 58.6 Å². The molecule has 98 valence electrons. The zero-order chi connectivity index (χ0) is 13.7. The standard InChI is InChI=1S/C14H12ClNO3/c15-11-7-4-8-12(9-11)19-13(14(17)16-18)10-5-2-1-3-6-10/h1-9,13,18H,(H,16,17). The fourth-order valence-electron chi connectivity index (χ4n) is 1.64. The third-order valence-electron chi connectivity index (χ3n) is 2.50. The number of hydrogen-bond donors (Lipinski definition) is 2. The fraction of sp³-hybridized carbons (Fsp3) is 0.0714. The van der Waals surface area contributed by atoms with Crippen LogP contribution >= 0.6 is 11.6 Å². The van der Waals surface area contributed by atoms with Crippen molar-refractivity contribution in [2.24, 2.45) is 0 Å². The van der Waals surface area contributed by atoms with Crippen molar-refractivity contribution in [1.29, 1.82) is 0 Å². The van der Waals surface area contributed by atoms with E-state index in [0.717, 1.165) is 0 Å². The maximum Gasteiger partial charge on any atom is 0.289 e. The summed E-state index contributed by atoms with van der Waals surface area (Å²) in [6, 6.07) is 15.6. The molecule has 0 aliphatic carbocycles. The Hall–Kier alpha value is -2.04. The Labute approximate surface area is 115 Å². The number of hydrogen-bond acceptors (Lipinski definition) is 3. The molecule has 5 heteroatoms. The van der Waals surface area contributed by atoms with Crippen molar-refractivity contribution in [1.82, 2.24) is 5.48 Å². The van der Waals surface area contributed by atoms with Gasteiger partial charge in [-0.3, -0.25) is 10.0 Å². The van der Waals surface area contributed by atoms with Gasteiger partial charge in [0.2, 0.25) is 6.10 Å². The molecule has 4 nitrogen and oxygen atoms in total. The van der Waals surface area contributed by atoms with Gasteiger partial charge < -0.3 is 4.74 Å². The maximum atomic E-state index is 11.7. The van der Waals surface area contributed by atoms with Crippen LogP contribution in [-0.4, -0.2) is 11.1 Å². The first-order valence-electron chi connectivity index (χ1n) is 5.62. The van der Waals surface area contributed by atoms with Gasteiger partial charge in [0.05, 0.1) is 0 Å². The largest absolute Gasteiger partial charge is 0.476 e. The molecule has 0 aliphatic rings. The van der Waals surface area contributed by atoms with Crippen LogP contribution in [0, 0.1) is 0 Å². The predicted octanol–water partition coefficient (Wildman–Crippen LogP) is 2.97. The van der Waals surface area contributed by atoms with Crippen LogP contribution in [0.15, 0.2) is 54.6 Å². The first-order valence-corrected chi connectivity index (χ1v) is 5.99. The van der Waals surface area contributed by atoms with E-state index in [4.69, 9.17) is 21.5 Å². The van der Waals surface area contributed by atoms with Gasteiger partial charge in [0.1, 0.15) is 5.75 Å². The summed E-state index contributed by atoms with van der Waals surface area (Å²) in [5.41, 5.74) is 2.23. The van der Waals surface area contributed by atoms with Crippen LogP contribution < -0.4 is 10.2 Å². The summed E-state index contributed by atoms with van der Waals surface area (Å²) in [6.45, 7) is 0. The molecule has 1 amide bonds. The average molecular weight is 278 g/mol. The molecule has 0 fully saturated rings. The first kappa shape index (κ1) is 13.4. The van der Waals surface area contributed by atoms with Crippen LogP contribution in [-0.2, 0) is 4.79 Å². The quantitative estimate of drug-likeness (QED) is 0.667. The van der Waals surface area contributed by atoms with E-state index >= 15 is 0 Å². The number of rotatable bonds is 4. The lowest BCUT2D eigenvalue weighted by molar-refractivity contribution is -0.136. The molecule has 0 heterocycles. The molecular weight excluding hydrogens is 266 g/mol. The van der Waals surface area contributed by atoms with Gasteiger partial charge in [-0.25, -0.2) is 5.48 Å². The Morgan fingerprint density at radius 2 is 1.89 bits per heavy atom. The number of nitrogens with one attached hydrogen (secondary N) is 1. The highest BCUT2D eigenvalue weighted by Gasteiger charge is 2.22. The predicted molar refractivity (Wildman–Crippen MR) is 71.2 cm³/mol. The van der Waals surface area contributed by atoms with Gasteiger partial charge in [-0.1, -0.05) is 48.0 Å². The van der Waals surface area contributed by atoms with Gasteiger partial charge in [0.15, 0.2) is 0 Å². The lowest BCUT2D eigenvalue weighted by Crippen LogP contribution is -2.29. The molecule has 2 rings (SSSR count). The Morgan fingerprint density at radius 1 is 1.16 bits per heavy atom. The number of amides is 1. The number of carbonyl (C=O) groups is 1. The Kier molecular flexibility index (Phi) is 4.39. The van der Waals surface area contributed by atoms with Crippen LogP contribution in [0.25, 0.3) is 0 Å². The summed E-state index contributed by atoms with van der Waals surface area (Å²) >= 11 is 5.86. The second kappa shape index (κ2) is 6.22. The van der Waals surface area contributed by atoms with Crippen LogP contribution in [0.4, 0.5) is 0 Å². The van der Waals surface area contributed by atoms with Crippen molar-refractivity contribution >= 4 is 17.5 Å². The Morgan fingerprint density at radius 3 is 2.53 bits per heavy atom. The molecule has 0 bridgehead atoms. The molecule has 19 heavy (non-hydrogen) atoms. The van der Waals surface area contributed by atoms with E-state index < -0.39 is 12.0 Å². The van der Waals surface area contributed by atoms with Gasteiger partial charge in [-0.15, -0.1) is 0 Å². The molecule has 2 N–H and O–H groups in total. The summed E-state index contributed by atoms with van der Waals surface area (Å²) in [5.74, 6) is -0.198. The number of halogens is 1. The number of benzene rings is 2. The Bertz CT molecular complexity index is 560. The summed E-state index contributed by atoms with van der Waals surface area (Å²) in [5, 5.41) is 9.30. The van der Waals surface area contributed by atoms with E-state index in [1.54, 1.807) is 54.0 Å². The normalized spacial score (nSPS) is 11.7. The minimum atomic E-state index is -0.940. The van der Waals surface area contributed by atoms with Crippen LogP contribution in [0.2, 0.25) is 5.02 Å². The third-order valence-corrected chi connectivity index (χ3v) is 2.74. The molecule has 2 aromatic carbocycles. The highest BCUT2D eigenvalue weighted by molar-refractivity contribution is 6.30. The lowest BCUT2D eigenvalue weighted by atomic mass is 10.1.